The van der Waals surface area contributed by atoms with E-state index in [2.05, 4.69) is 10.0 Å². The van der Waals surface area contributed by atoms with Gasteiger partial charge in [0.05, 0.1) is 12.0 Å². The molecule has 0 saturated carbocycles. The summed E-state index contributed by atoms with van der Waals surface area (Å²) < 4.78 is 44.1. The van der Waals surface area contributed by atoms with Gasteiger partial charge in [0.15, 0.2) is 11.6 Å². The molecule has 0 aliphatic carbocycles. The molecule has 1 rings (SSSR count). The zero-order chi connectivity index (χ0) is 13.6. The Morgan fingerprint density at radius 2 is 2.06 bits per heavy atom. The third kappa shape index (κ3) is 3.94. The molecule has 0 aliphatic heterocycles. The molecule has 0 aromatic heterocycles. The van der Waals surface area contributed by atoms with Crippen LogP contribution in [-0.4, -0.2) is 35.7 Å². The number of halogens is 1. The van der Waals surface area contributed by atoms with E-state index >= 15 is 0 Å². The van der Waals surface area contributed by atoms with Crippen LogP contribution in [-0.2, 0) is 10.0 Å². The lowest BCUT2D eigenvalue weighted by Crippen LogP contribution is -2.26. The normalized spacial score (nSPS) is 11.5. The Morgan fingerprint density at radius 1 is 1.33 bits per heavy atom. The first-order chi connectivity index (χ1) is 8.51. The van der Waals surface area contributed by atoms with Gasteiger partial charge in [-0.25, -0.2) is 17.5 Å². The maximum atomic E-state index is 13.2. The number of hydrogen-bond acceptors (Lipinski definition) is 4. The Morgan fingerprint density at radius 3 is 2.67 bits per heavy atom. The first-order valence-electron chi connectivity index (χ1n) is 5.49. The van der Waals surface area contributed by atoms with Gasteiger partial charge in [-0.15, -0.1) is 0 Å². The molecule has 0 radical (unpaired) electrons. The number of hydrogen-bond donors (Lipinski definition) is 2. The molecule has 1 aromatic rings. The van der Waals surface area contributed by atoms with Crippen LogP contribution in [0.5, 0.6) is 5.75 Å². The summed E-state index contributed by atoms with van der Waals surface area (Å²) in [5, 5.41) is 2.92. The van der Waals surface area contributed by atoms with E-state index in [-0.39, 0.29) is 10.6 Å². The predicted molar refractivity (Wildman–Crippen MR) is 66.7 cm³/mol. The number of methoxy groups -OCH3 is 1. The van der Waals surface area contributed by atoms with E-state index in [1.54, 1.807) is 7.05 Å². The van der Waals surface area contributed by atoms with E-state index in [0.29, 0.717) is 13.0 Å². The summed E-state index contributed by atoms with van der Waals surface area (Å²) in [7, 11) is -0.537. The van der Waals surface area contributed by atoms with Crippen LogP contribution < -0.4 is 14.8 Å². The minimum absolute atomic E-state index is 0.00907. The molecule has 0 saturated heterocycles. The third-order valence-corrected chi connectivity index (χ3v) is 3.79. The molecule has 0 aliphatic rings. The van der Waals surface area contributed by atoms with Gasteiger partial charge < -0.3 is 10.1 Å². The van der Waals surface area contributed by atoms with E-state index in [4.69, 9.17) is 4.74 Å². The van der Waals surface area contributed by atoms with Gasteiger partial charge in [0, 0.05) is 12.6 Å². The van der Waals surface area contributed by atoms with E-state index < -0.39 is 15.8 Å². The lowest BCUT2D eigenvalue weighted by molar-refractivity contribution is 0.385. The van der Waals surface area contributed by atoms with E-state index in [1.807, 2.05) is 0 Å². The molecular weight excluding hydrogens is 259 g/mol. The highest BCUT2D eigenvalue weighted by Gasteiger charge is 2.15. The molecule has 0 atom stereocenters. The second-order valence-corrected chi connectivity index (χ2v) is 5.42. The minimum Gasteiger partial charge on any atom is -0.494 e. The number of sulfonamides is 1. The van der Waals surface area contributed by atoms with Crippen LogP contribution >= 0.6 is 0 Å². The Bertz CT molecular complexity index is 491. The van der Waals surface area contributed by atoms with Gasteiger partial charge >= 0.3 is 0 Å². The van der Waals surface area contributed by atoms with Crippen LogP contribution in [0.3, 0.4) is 0 Å². The third-order valence-electron chi connectivity index (χ3n) is 2.33. The molecule has 2 N–H and O–H groups in total. The molecule has 0 spiro atoms. The summed E-state index contributed by atoms with van der Waals surface area (Å²) in [6, 6.07) is 3.44. The minimum atomic E-state index is -3.61. The Balaban J connectivity index is 2.78. The van der Waals surface area contributed by atoms with Crippen molar-refractivity contribution >= 4 is 10.0 Å². The second-order valence-electron chi connectivity index (χ2n) is 3.65. The molecular formula is C11H17FN2O3S. The highest BCUT2D eigenvalue weighted by atomic mass is 32.2. The van der Waals surface area contributed by atoms with Gasteiger partial charge in [-0.3, -0.25) is 0 Å². The van der Waals surface area contributed by atoms with Crippen molar-refractivity contribution in [2.24, 2.45) is 0 Å². The van der Waals surface area contributed by atoms with E-state index in [9.17, 15) is 12.8 Å². The Labute approximate surface area is 106 Å². The fourth-order valence-corrected chi connectivity index (χ4v) is 2.45. The first kappa shape index (κ1) is 14.9. The molecule has 0 unspecified atom stereocenters. The van der Waals surface area contributed by atoms with Crippen molar-refractivity contribution < 1.29 is 17.5 Å². The quantitative estimate of drug-likeness (QED) is 0.720. The molecule has 7 heteroatoms. The van der Waals surface area contributed by atoms with Crippen molar-refractivity contribution in [2.75, 3.05) is 27.2 Å². The van der Waals surface area contributed by atoms with Gasteiger partial charge in [-0.1, -0.05) is 0 Å². The van der Waals surface area contributed by atoms with Crippen LogP contribution in [0.15, 0.2) is 23.1 Å². The summed E-state index contributed by atoms with van der Waals surface area (Å²) in [6.45, 7) is 1.04. The van der Waals surface area contributed by atoms with Gasteiger partial charge in [-0.05, 0) is 32.1 Å². The summed E-state index contributed by atoms with van der Waals surface area (Å²) in [5.74, 6) is -0.681. The molecule has 0 fully saturated rings. The fourth-order valence-electron chi connectivity index (χ4n) is 1.36. The van der Waals surface area contributed by atoms with E-state index in [0.717, 1.165) is 18.7 Å². The van der Waals surface area contributed by atoms with Crippen LogP contribution in [0.25, 0.3) is 0 Å². The molecule has 1 aromatic carbocycles. The summed E-state index contributed by atoms with van der Waals surface area (Å²) in [4.78, 5) is -0.00907. The lowest BCUT2D eigenvalue weighted by Gasteiger charge is -2.08. The van der Waals surface area contributed by atoms with Crippen molar-refractivity contribution in [3.8, 4) is 5.75 Å². The summed E-state index contributed by atoms with van der Waals surface area (Å²) >= 11 is 0. The van der Waals surface area contributed by atoms with Crippen molar-refractivity contribution in [1.82, 2.24) is 10.0 Å². The first-order valence-corrected chi connectivity index (χ1v) is 6.97. The maximum absolute atomic E-state index is 13.2. The SMILES string of the molecule is CNCCCNS(=O)(=O)c1ccc(F)c(OC)c1. The number of ether oxygens (including phenoxy) is 1. The largest absolute Gasteiger partial charge is 0.494 e. The second kappa shape index (κ2) is 6.67. The van der Waals surface area contributed by atoms with Crippen molar-refractivity contribution in [1.29, 1.82) is 0 Å². The molecule has 5 nitrogen and oxygen atoms in total. The zero-order valence-corrected chi connectivity index (χ0v) is 11.2. The molecule has 102 valence electrons. The van der Waals surface area contributed by atoms with Gasteiger partial charge in [0.2, 0.25) is 10.0 Å². The van der Waals surface area contributed by atoms with Crippen LogP contribution in [0.1, 0.15) is 6.42 Å². The highest BCUT2D eigenvalue weighted by molar-refractivity contribution is 7.89. The van der Waals surface area contributed by atoms with Gasteiger partial charge in [0.1, 0.15) is 0 Å². The molecule has 0 bridgehead atoms. The smallest absolute Gasteiger partial charge is 0.240 e. The maximum Gasteiger partial charge on any atom is 0.240 e. The summed E-state index contributed by atoms with van der Waals surface area (Å²) in [6.07, 6.45) is 0.675. The molecule has 0 heterocycles. The average Bonchev–Trinajstić information content (AvgIpc) is 2.35. The van der Waals surface area contributed by atoms with Crippen LogP contribution in [0.4, 0.5) is 4.39 Å². The predicted octanol–water partition coefficient (Wildman–Crippen LogP) is 0.722. The zero-order valence-electron chi connectivity index (χ0n) is 10.4. The Kier molecular flexibility index (Phi) is 5.52. The fraction of sp³-hybridized carbons (Fsp3) is 0.455. The van der Waals surface area contributed by atoms with Gasteiger partial charge in [0.25, 0.3) is 0 Å². The summed E-state index contributed by atoms with van der Waals surface area (Å²) in [5.41, 5.74) is 0. The Hall–Kier alpha value is -1.18. The standard InChI is InChI=1S/C11H17FN2O3S/c1-13-6-3-7-14-18(15,16)9-4-5-10(12)11(8-9)17-2/h4-5,8,13-14H,3,6-7H2,1-2H3. The topological polar surface area (TPSA) is 67.4 Å². The van der Waals surface area contributed by atoms with Crippen molar-refractivity contribution in [3.05, 3.63) is 24.0 Å². The van der Waals surface area contributed by atoms with Gasteiger partial charge in [-0.2, -0.15) is 0 Å². The highest BCUT2D eigenvalue weighted by Crippen LogP contribution is 2.21. The van der Waals surface area contributed by atoms with Crippen LogP contribution in [0, 0.1) is 5.82 Å². The van der Waals surface area contributed by atoms with E-state index in [1.165, 1.54) is 13.2 Å². The monoisotopic (exact) mass is 276 g/mol. The lowest BCUT2D eigenvalue weighted by atomic mass is 10.3. The number of rotatable bonds is 7. The number of benzene rings is 1. The van der Waals surface area contributed by atoms with Crippen molar-refractivity contribution in [3.63, 3.8) is 0 Å². The molecule has 0 amide bonds. The molecule has 18 heavy (non-hydrogen) atoms. The number of nitrogens with one attached hydrogen (secondary N) is 2. The average molecular weight is 276 g/mol. The van der Waals surface area contributed by atoms with Crippen molar-refractivity contribution in [2.45, 2.75) is 11.3 Å². The van der Waals surface area contributed by atoms with Crippen LogP contribution in [0.2, 0.25) is 0 Å².